The number of benzene rings is 1. The molecule has 0 saturated carbocycles. The van der Waals surface area contributed by atoms with Crippen molar-refractivity contribution in [1.82, 2.24) is 18.5 Å². The SMILES string of the molecule is COc1ccc(CCN2CCC[C@@H](CN(C)C(=O)c3cnsn3)C2)cc1. The zero-order valence-electron chi connectivity index (χ0n) is 15.4. The summed E-state index contributed by atoms with van der Waals surface area (Å²) in [5, 5.41) is 0. The highest BCUT2D eigenvalue weighted by molar-refractivity contribution is 6.99. The molecule has 0 spiro atoms. The predicted molar refractivity (Wildman–Crippen MR) is 103 cm³/mol. The van der Waals surface area contributed by atoms with E-state index in [-0.39, 0.29) is 5.91 Å². The molecule has 1 aliphatic heterocycles. The maximum Gasteiger partial charge on any atom is 0.274 e. The highest BCUT2D eigenvalue weighted by atomic mass is 32.1. The van der Waals surface area contributed by atoms with Crippen LogP contribution in [0.25, 0.3) is 0 Å². The van der Waals surface area contributed by atoms with Crippen LogP contribution in [-0.2, 0) is 6.42 Å². The van der Waals surface area contributed by atoms with Gasteiger partial charge in [-0.15, -0.1) is 0 Å². The Morgan fingerprint density at radius 2 is 2.19 bits per heavy atom. The van der Waals surface area contributed by atoms with E-state index in [4.69, 9.17) is 4.74 Å². The number of likely N-dealkylation sites (tertiary alicyclic amines) is 1. The van der Waals surface area contributed by atoms with Crippen molar-refractivity contribution in [3.8, 4) is 5.75 Å². The third-order valence-electron chi connectivity index (χ3n) is 4.94. The maximum atomic E-state index is 12.3. The van der Waals surface area contributed by atoms with Crippen LogP contribution in [0.5, 0.6) is 5.75 Å². The molecular weight excluding hydrogens is 348 g/mol. The van der Waals surface area contributed by atoms with Gasteiger partial charge in [0.05, 0.1) is 25.0 Å². The van der Waals surface area contributed by atoms with E-state index in [0.29, 0.717) is 11.6 Å². The summed E-state index contributed by atoms with van der Waals surface area (Å²) in [5.41, 5.74) is 1.78. The topological polar surface area (TPSA) is 58.6 Å². The molecule has 1 fully saturated rings. The van der Waals surface area contributed by atoms with Crippen molar-refractivity contribution < 1.29 is 9.53 Å². The van der Waals surface area contributed by atoms with Gasteiger partial charge in [0.15, 0.2) is 5.69 Å². The summed E-state index contributed by atoms with van der Waals surface area (Å²) < 4.78 is 13.2. The van der Waals surface area contributed by atoms with E-state index in [0.717, 1.165) is 50.1 Å². The first-order valence-corrected chi connectivity index (χ1v) is 9.77. The highest BCUT2D eigenvalue weighted by Crippen LogP contribution is 2.19. The van der Waals surface area contributed by atoms with E-state index in [1.807, 2.05) is 19.2 Å². The lowest BCUT2D eigenvalue weighted by atomic mass is 9.97. The molecule has 26 heavy (non-hydrogen) atoms. The summed E-state index contributed by atoms with van der Waals surface area (Å²) in [6.45, 7) is 4.01. The molecule has 3 rings (SSSR count). The smallest absolute Gasteiger partial charge is 0.274 e. The van der Waals surface area contributed by atoms with Crippen LogP contribution in [0.3, 0.4) is 0 Å². The molecule has 2 aromatic rings. The fraction of sp³-hybridized carbons (Fsp3) is 0.526. The minimum absolute atomic E-state index is 0.0332. The molecule has 1 aromatic carbocycles. The Morgan fingerprint density at radius 3 is 2.88 bits per heavy atom. The van der Waals surface area contributed by atoms with Gasteiger partial charge in [-0.3, -0.25) is 4.79 Å². The van der Waals surface area contributed by atoms with Crippen molar-refractivity contribution in [3.05, 3.63) is 41.7 Å². The van der Waals surface area contributed by atoms with Gasteiger partial charge in [-0.25, -0.2) is 0 Å². The number of ether oxygens (including phenoxy) is 1. The number of piperidine rings is 1. The Morgan fingerprint density at radius 1 is 1.38 bits per heavy atom. The van der Waals surface area contributed by atoms with Crippen LogP contribution in [0, 0.1) is 5.92 Å². The van der Waals surface area contributed by atoms with Crippen molar-refractivity contribution in [1.29, 1.82) is 0 Å². The predicted octanol–water partition coefficient (Wildman–Crippen LogP) is 2.57. The number of aromatic nitrogens is 2. The van der Waals surface area contributed by atoms with Crippen LogP contribution in [0.15, 0.2) is 30.5 Å². The molecule has 0 bridgehead atoms. The van der Waals surface area contributed by atoms with Gasteiger partial charge in [-0.2, -0.15) is 8.75 Å². The Kier molecular flexibility index (Phi) is 6.57. The maximum absolute atomic E-state index is 12.3. The fourth-order valence-corrected chi connectivity index (χ4v) is 3.91. The third kappa shape index (κ3) is 5.02. The summed E-state index contributed by atoms with van der Waals surface area (Å²) in [6, 6.07) is 8.30. The first kappa shape index (κ1) is 18.8. The number of hydrogen-bond acceptors (Lipinski definition) is 6. The van der Waals surface area contributed by atoms with Crippen molar-refractivity contribution >= 4 is 17.6 Å². The van der Waals surface area contributed by atoms with Crippen LogP contribution < -0.4 is 4.74 Å². The van der Waals surface area contributed by atoms with Gasteiger partial charge in [0.1, 0.15) is 5.75 Å². The summed E-state index contributed by atoms with van der Waals surface area (Å²) >= 11 is 1.07. The lowest BCUT2D eigenvalue weighted by Crippen LogP contribution is -2.42. The number of carbonyl (C=O) groups is 1. The molecule has 2 heterocycles. The molecule has 0 radical (unpaired) electrons. The number of carbonyl (C=O) groups excluding carboxylic acids is 1. The molecule has 140 valence electrons. The van der Waals surface area contributed by atoms with Gasteiger partial charge in [-0.05, 0) is 49.4 Å². The van der Waals surface area contributed by atoms with Crippen LogP contribution in [0.1, 0.15) is 28.9 Å². The van der Waals surface area contributed by atoms with Gasteiger partial charge in [0.25, 0.3) is 5.91 Å². The molecule has 7 heteroatoms. The minimum atomic E-state index is -0.0332. The lowest BCUT2D eigenvalue weighted by Gasteiger charge is -2.34. The summed E-state index contributed by atoms with van der Waals surface area (Å²) in [6.07, 6.45) is 4.95. The first-order valence-electron chi connectivity index (χ1n) is 9.04. The monoisotopic (exact) mass is 374 g/mol. The fourth-order valence-electron chi connectivity index (χ4n) is 3.51. The Bertz CT molecular complexity index is 690. The van der Waals surface area contributed by atoms with E-state index < -0.39 is 0 Å². The molecular formula is C19H26N4O2S. The molecule has 0 unspecified atom stereocenters. The van der Waals surface area contributed by atoms with Gasteiger partial charge in [-0.1, -0.05) is 12.1 Å². The summed E-state index contributed by atoms with van der Waals surface area (Å²) in [4.78, 5) is 16.6. The van der Waals surface area contributed by atoms with Crippen molar-refractivity contribution in [2.45, 2.75) is 19.3 Å². The lowest BCUT2D eigenvalue weighted by molar-refractivity contribution is 0.0726. The molecule has 1 amide bonds. The molecule has 1 aliphatic rings. The van der Waals surface area contributed by atoms with Gasteiger partial charge in [0, 0.05) is 26.7 Å². The Hall–Kier alpha value is -1.99. The molecule has 1 atom stereocenters. The van der Waals surface area contributed by atoms with E-state index in [9.17, 15) is 4.79 Å². The average Bonchev–Trinajstić information content (AvgIpc) is 3.21. The van der Waals surface area contributed by atoms with Crippen LogP contribution in [0.2, 0.25) is 0 Å². The zero-order chi connectivity index (χ0) is 18.4. The van der Waals surface area contributed by atoms with Crippen LogP contribution in [0.4, 0.5) is 0 Å². The molecule has 1 saturated heterocycles. The van der Waals surface area contributed by atoms with E-state index >= 15 is 0 Å². The first-order chi connectivity index (χ1) is 12.7. The summed E-state index contributed by atoms with van der Waals surface area (Å²) in [5.74, 6) is 1.38. The standard InChI is InChI=1S/C19H26N4O2S/c1-22(19(24)18-12-20-26-21-18)13-16-4-3-10-23(14-16)11-9-15-5-7-17(25-2)8-6-15/h5-8,12,16H,3-4,9-11,13-14H2,1-2H3/t16-/m0/s1. The quantitative estimate of drug-likeness (QED) is 0.745. The molecule has 6 nitrogen and oxygen atoms in total. The highest BCUT2D eigenvalue weighted by Gasteiger charge is 2.23. The second-order valence-corrected chi connectivity index (χ2v) is 7.44. The van der Waals surface area contributed by atoms with Gasteiger partial charge in [0.2, 0.25) is 0 Å². The number of amides is 1. The van der Waals surface area contributed by atoms with E-state index in [1.54, 1.807) is 18.2 Å². The number of rotatable bonds is 7. The second kappa shape index (κ2) is 9.09. The molecule has 0 N–H and O–H groups in total. The Labute approximate surface area is 159 Å². The number of nitrogens with zero attached hydrogens (tertiary/aromatic N) is 4. The van der Waals surface area contributed by atoms with Gasteiger partial charge < -0.3 is 14.5 Å². The second-order valence-electron chi connectivity index (χ2n) is 6.89. The molecule has 0 aliphatic carbocycles. The summed E-state index contributed by atoms with van der Waals surface area (Å²) in [7, 11) is 3.55. The van der Waals surface area contributed by atoms with E-state index in [2.05, 4.69) is 25.8 Å². The van der Waals surface area contributed by atoms with Crippen molar-refractivity contribution in [2.75, 3.05) is 40.3 Å². The number of hydrogen-bond donors (Lipinski definition) is 0. The van der Waals surface area contributed by atoms with Gasteiger partial charge >= 0.3 is 0 Å². The molecule has 1 aromatic heterocycles. The zero-order valence-corrected chi connectivity index (χ0v) is 16.2. The van der Waals surface area contributed by atoms with Crippen LogP contribution in [-0.4, -0.2) is 64.8 Å². The average molecular weight is 375 g/mol. The largest absolute Gasteiger partial charge is 0.497 e. The number of methoxy groups -OCH3 is 1. The van der Waals surface area contributed by atoms with E-state index in [1.165, 1.54) is 18.4 Å². The third-order valence-corrected chi connectivity index (χ3v) is 5.42. The Balaban J connectivity index is 1.46. The van der Waals surface area contributed by atoms with Crippen molar-refractivity contribution in [2.24, 2.45) is 5.92 Å². The van der Waals surface area contributed by atoms with Crippen LogP contribution >= 0.6 is 11.7 Å². The van der Waals surface area contributed by atoms with Crippen molar-refractivity contribution in [3.63, 3.8) is 0 Å². The normalized spacial score (nSPS) is 17.8. The minimum Gasteiger partial charge on any atom is -0.497 e.